The predicted octanol–water partition coefficient (Wildman–Crippen LogP) is 5.27. The van der Waals surface area contributed by atoms with Crippen LogP contribution in [0.2, 0.25) is 0 Å². The van der Waals surface area contributed by atoms with Crippen LogP contribution in [-0.4, -0.2) is 40.7 Å². The number of hydrogen-bond donors (Lipinski definition) is 0. The van der Waals surface area contributed by atoms with Gasteiger partial charge in [-0.2, -0.15) is 0 Å². The highest BCUT2D eigenvalue weighted by Gasteiger charge is 2.27. The summed E-state index contributed by atoms with van der Waals surface area (Å²) in [6.07, 6.45) is 9.45. The molecule has 0 unspecified atom stereocenters. The summed E-state index contributed by atoms with van der Waals surface area (Å²) in [4.78, 5) is 12.1. The number of ether oxygens (including phenoxy) is 2. The van der Waals surface area contributed by atoms with E-state index in [2.05, 4.69) is 59.3 Å². The van der Waals surface area contributed by atoms with Crippen LogP contribution in [0.4, 0.5) is 0 Å². The number of aryl methyl sites for hydroxylation is 1. The molecule has 2 aliphatic heterocycles. The third kappa shape index (κ3) is 5.79. The fraction of sp³-hybridized carbons (Fsp3) is 0.429. The lowest BCUT2D eigenvalue weighted by Gasteiger charge is -2.24. The Morgan fingerprint density at radius 1 is 1.03 bits per heavy atom. The summed E-state index contributed by atoms with van der Waals surface area (Å²) in [5, 5.41) is 0. The Labute approximate surface area is 196 Å². The minimum absolute atomic E-state index is 0.238. The maximum atomic E-state index is 6.02. The highest BCUT2D eigenvalue weighted by Crippen LogP contribution is 2.32. The molecule has 5 nitrogen and oxygen atoms in total. The van der Waals surface area contributed by atoms with Crippen molar-refractivity contribution in [2.24, 2.45) is 0 Å². The second kappa shape index (κ2) is 10.4. The average Bonchev–Trinajstić information content (AvgIpc) is 3.50. The van der Waals surface area contributed by atoms with Gasteiger partial charge in [-0.3, -0.25) is 14.9 Å². The van der Waals surface area contributed by atoms with Crippen LogP contribution in [0.3, 0.4) is 0 Å². The molecule has 2 fully saturated rings. The van der Waals surface area contributed by atoms with Crippen LogP contribution in [0.25, 0.3) is 0 Å². The summed E-state index contributed by atoms with van der Waals surface area (Å²) in [7, 11) is 0. The van der Waals surface area contributed by atoms with Gasteiger partial charge < -0.3 is 9.47 Å². The van der Waals surface area contributed by atoms with Crippen molar-refractivity contribution in [1.82, 2.24) is 14.9 Å². The molecule has 0 radical (unpaired) electrons. The summed E-state index contributed by atoms with van der Waals surface area (Å²) in [5.41, 5.74) is 5.96. The van der Waals surface area contributed by atoms with Gasteiger partial charge in [0, 0.05) is 32.0 Å². The zero-order valence-electron chi connectivity index (χ0n) is 19.5. The molecule has 0 bridgehead atoms. The molecule has 0 aliphatic carbocycles. The Bertz CT molecular complexity index is 1060. The standard InChI is InChI=1S/C28H33N3O2/c1-21-6-2-7-22(14-21)15-24-17-29-18-27(30-24)28-11-4-12-31(28)19-23-8-3-9-25(16-23)33-20-26-10-5-13-32-26/h2-3,6-9,14,16-18,26,28H,4-5,10-13,15,19-20H2,1H3/t26-,28+/m1/s1. The highest BCUT2D eigenvalue weighted by atomic mass is 16.5. The van der Waals surface area contributed by atoms with Crippen LogP contribution in [0, 0.1) is 6.92 Å². The number of benzene rings is 2. The van der Waals surface area contributed by atoms with Gasteiger partial charge in [0.25, 0.3) is 0 Å². The maximum Gasteiger partial charge on any atom is 0.119 e. The van der Waals surface area contributed by atoms with E-state index < -0.39 is 0 Å². The summed E-state index contributed by atoms with van der Waals surface area (Å²) in [6.45, 7) is 5.60. The van der Waals surface area contributed by atoms with Gasteiger partial charge in [0.05, 0.1) is 23.5 Å². The summed E-state index contributed by atoms with van der Waals surface area (Å²) in [5.74, 6) is 0.929. The van der Waals surface area contributed by atoms with E-state index in [-0.39, 0.29) is 6.10 Å². The summed E-state index contributed by atoms with van der Waals surface area (Å²) in [6, 6.07) is 17.4. The summed E-state index contributed by atoms with van der Waals surface area (Å²) < 4.78 is 11.7. The van der Waals surface area contributed by atoms with E-state index in [1.165, 1.54) is 23.1 Å². The van der Waals surface area contributed by atoms with E-state index in [4.69, 9.17) is 14.5 Å². The lowest BCUT2D eigenvalue weighted by molar-refractivity contribution is 0.0679. The van der Waals surface area contributed by atoms with Crippen molar-refractivity contribution in [3.63, 3.8) is 0 Å². The normalized spacial score (nSPS) is 20.9. The first kappa shape index (κ1) is 22.1. The van der Waals surface area contributed by atoms with Crippen molar-refractivity contribution < 1.29 is 9.47 Å². The van der Waals surface area contributed by atoms with Crippen molar-refractivity contribution >= 4 is 0 Å². The second-order valence-corrected chi connectivity index (χ2v) is 9.32. The van der Waals surface area contributed by atoms with Crippen LogP contribution >= 0.6 is 0 Å². The molecule has 2 aromatic carbocycles. The molecule has 5 rings (SSSR count). The topological polar surface area (TPSA) is 47.5 Å². The smallest absolute Gasteiger partial charge is 0.119 e. The Balaban J connectivity index is 1.24. The van der Waals surface area contributed by atoms with Crippen LogP contribution in [0.15, 0.2) is 60.9 Å². The van der Waals surface area contributed by atoms with E-state index in [1.54, 1.807) is 0 Å². The van der Waals surface area contributed by atoms with Gasteiger partial charge in [0.2, 0.25) is 0 Å². The van der Waals surface area contributed by atoms with Crippen molar-refractivity contribution in [2.75, 3.05) is 19.8 Å². The largest absolute Gasteiger partial charge is 0.491 e. The van der Waals surface area contributed by atoms with E-state index in [0.29, 0.717) is 12.6 Å². The Kier molecular flexibility index (Phi) is 6.98. The minimum Gasteiger partial charge on any atom is -0.491 e. The van der Waals surface area contributed by atoms with Crippen molar-refractivity contribution in [1.29, 1.82) is 0 Å². The number of nitrogens with zero attached hydrogens (tertiary/aromatic N) is 3. The monoisotopic (exact) mass is 443 g/mol. The third-order valence-corrected chi connectivity index (χ3v) is 6.62. The molecule has 5 heteroatoms. The predicted molar refractivity (Wildman–Crippen MR) is 129 cm³/mol. The molecule has 0 spiro atoms. The molecular weight excluding hydrogens is 410 g/mol. The quantitative estimate of drug-likeness (QED) is 0.475. The van der Waals surface area contributed by atoms with Gasteiger partial charge in [-0.15, -0.1) is 0 Å². The Morgan fingerprint density at radius 2 is 1.94 bits per heavy atom. The highest BCUT2D eigenvalue weighted by molar-refractivity contribution is 5.29. The first-order chi connectivity index (χ1) is 16.2. The molecule has 2 aliphatic rings. The fourth-order valence-corrected chi connectivity index (χ4v) is 4.98. The molecular formula is C28H33N3O2. The van der Waals surface area contributed by atoms with Gasteiger partial charge in [-0.25, -0.2) is 0 Å². The molecule has 0 saturated carbocycles. The van der Waals surface area contributed by atoms with E-state index in [0.717, 1.165) is 62.5 Å². The molecule has 2 atom stereocenters. The molecule has 3 aromatic rings. The lowest BCUT2D eigenvalue weighted by Crippen LogP contribution is -2.24. The van der Waals surface area contributed by atoms with Gasteiger partial charge in [-0.1, -0.05) is 42.0 Å². The number of rotatable bonds is 8. The lowest BCUT2D eigenvalue weighted by atomic mass is 10.1. The summed E-state index contributed by atoms with van der Waals surface area (Å²) >= 11 is 0. The van der Waals surface area contributed by atoms with Gasteiger partial charge >= 0.3 is 0 Å². The van der Waals surface area contributed by atoms with Crippen molar-refractivity contribution in [3.05, 3.63) is 89.0 Å². The first-order valence-corrected chi connectivity index (χ1v) is 12.2. The molecule has 2 saturated heterocycles. The van der Waals surface area contributed by atoms with Crippen molar-refractivity contribution in [2.45, 2.75) is 57.7 Å². The molecule has 1 aromatic heterocycles. The zero-order chi connectivity index (χ0) is 22.5. The molecule has 0 N–H and O–H groups in total. The van der Waals surface area contributed by atoms with Crippen LogP contribution < -0.4 is 4.74 Å². The van der Waals surface area contributed by atoms with Crippen LogP contribution in [-0.2, 0) is 17.7 Å². The van der Waals surface area contributed by atoms with Crippen molar-refractivity contribution in [3.8, 4) is 5.75 Å². The molecule has 0 amide bonds. The van der Waals surface area contributed by atoms with Crippen LogP contribution in [0.5, 0.6) is 5.75 Å². The van der Waals surface area contributed by atoms with E-state index in [9.17, 15) is 0 Å². The molecule has 172 valence electrons. The van der Waals surface area contributed by atoms with Crippen LogP contribution in [0.1, 0.15) is 59.8 Å². The molecule has 3 heterocycles. The molecule has 33 heavy (non-hydrogen) atoms. The number of aromatic nitrogens is 2. The zero-order valence-corrected chi connectivity index (χ0v) is 19.5. The first-order valence-electron chi connectivity index (χ1n) is 12.2. The number of hydrogen-bond acceptors (Lipinski definition) is 5. The van der Waals surface area contributed by atoms with Gasteiger partial charge in [0.1, 0.15) is 12.4 Å². The minimum atomic E-state index is 0.238. The Morgan fingerprint density at radius 3 is 2.82 bits per heavy atom. The van der Waals surface area contributed by atoms with Gasteiger partial charge in [0.15, 0.2) is 0 Å². The third-order valence-electron chi connectivity index (χ3n) is 6.62. The SMILES string of the molecule is Cc1cccc(Cc2cncc([C@@H]3CCCN3Cc3cccc(OC[C@H]4CCCO4)c3)n2)c1. The maximum absolute atomic E-state index is 6.02. The number of likely N-dealkylation sites (tertiary alicyclic amines) is 1. The fourth-order valence-electron chi connectivity index (χ4n) is 4.98. The van der Waals surface area contributed by atoms with Gasteiger partial charge in [-0.05, 0) is 62.4 Å². The average molecular weight is 444 g/mol. The second-order valence-electron chi connectivity index (χ2n) is 9.32. The van der Waals surface area contributed by atoms with E-state index in [1.807, 2.05) is 18.5 Å². The Hall–Kier alpha value is -2.76. The van der Waals surface area contributed by atoms with E-state index >= 15 is 0 Å².